The standard InChI is InChI=1S/C40H49N5O6/c1-25(2)22-32(36(47)40-45-30-18-12-13-19-35(30)51-40)42-39(50)34(24-29-16-10-7-11-17-29)44-38(49)33(23-26(3)4)43-37(48)31(41-27(5)46)21-20-28-14-8-6-9-15-28/h6-19,25-26,31-34H,20-24H2,1-5H3,(H,41,46)(H,42,50)(H,43,48)(H,44,49)/t31-,32-,33-,34+/m0/s1. The van der Waals surface area contributed by atoms with Crippen LogP contribution in [-0.2, 0) is 32.0 Å². The molecule has 3 aromatic carbocycles. The molecule has 0 unspecified atom stereocenters. The van der Waals surface area contributed by atoms with Crippen LogP contribution in [0.2, 0.25) is 0 Å². The number of aromatic nitrogens is 1. The first-order valence-corrected chi connectivity index (χ1v) is 17.6. The Morgan fingerprint density at radius 2 is 1.12 bits per heavy atom. The van der Waals surface area contributed by atoms with Gasteiger partial charge >= 0.3 is 0 Å². The third-order valence-corrected chi connectivity index (χ3v) is 8.36. The van der Waals surface area contributed by atoms with E-state index in [9.17, 15) is 24.0 Å². The van der Waals surface area contributed by atoms with E-state index < -0.39 is 47.7 Å². The molecule has 1 aromatic heterocycles. The van der Waals surface area contributed by atoms with Gasteiger partial charge < -0.3 is 25.7 Å². The maximum atomic E-state index is 14.0. The summed E-state index contributed by atoms with van der Waals surface area (Å²) in [7, 11) is 0. The molecule has 0 aliphatic rings. The molecule has 0 aliphatic heterocycles. The van der Waals surface area contributed by atoms with Crippen LogP contribution in [0.15, 0.2) is 89.3 Å². The average Bonchev–Trinajstić information content (AvgIpc) is 3.53. The molecule has 270 valence electrons. The van der Waals surface area contributed by atoms with Gasteiger partial charge in [0.25, 0.3) is 5.89 Å². The van der Waals surface area contributed by atoms with E-state index in [-0.39, 0.29) is 36.5 Å². The largest absolute Gasteiger partial charge is 0.434 e. The molecule has 0 radical (unpaired) electrons. The SMILES string of the molecule is CC(=O)N[C@@H](CCc1ccccc1)C(=O)N[C@@H](CC(C)C)C(=O)N[C@H](Cc1ccccc1)C(=O)N[C@@H](CC(C)C)C(=O)c1nc2ccccc2o1. The molecule has 4 amide bonds. The van der Waals surface area contributed by atoms with Gasteiger partial charge in [0, 0.05) is 13.3 Å². The molecule has 4 rings (SSSR count). The molecule has 51 heavy (non-hydrogen) atoms. The van der Waals surface area contributed by atoms with Crippen LogP contribution in [0.3, 0.4) is 0 Å². The van der Waals surface area contributed by atoms with Crippen LogP contribution in [0.25, 0.3) is 11.1 Å². The van der Waals surface area contributed by atoms with Crippen LogP contribution < -0.4 is 21.3 Å². The summed E-state index contributed by atoms with van der Waals surface area (Å²) in [5, 5.41) is 11.3. The second kappa shape index (κ2) is 18.6. The number of nitrogens with one attached hydrogen (secondary N) is 4. The number of oxazole rings is 1. The number of hydrogen-bond donors (Lipinski definition) is 4. The van der Waals surface area contributed by atoms with Crippen molar-refractivity contribution in [2.24, 2.45) is 11.8 Å². The predicted molar refractivity (Wildman–Crippen MR) is 196 cm³/mol. The van der Waals surface area contributed by atoms with Gasteiger partial charge in [0.2, 0.25) is 29.4 Å². The Hall–Kier alpha value is -5.32. The van der Waals surface area contributed by atoms with Gasteiger partial charge in [-0.2, -0.15) is 0 Å². The summed E-state index contributed by atoms with van der Waals surface area (Å²) in [5.41, 5.74) is 2.80. The molecule has 11 nitrogen and oxygen atoms in total. The summed E-state index contributed by atoms with van der Waals surface area (Å²) in [5.74, 6) is -2.50. The van der Waals surface area contributed by atoms with E-state index in [1.807, 2.05) is 88.4 Å². The summed E-state index contributed by atoms with van der Waals surface area (Å²) in [6, 6.07) is 22.0. The van der Waals surface area contributed by atoms with Crippen LogP contribution in [0.1, 0.15) is 75.7 Å². The molecule has 0 fully saturated rings. The van der Waals surface area contributed by atoms with Gasteiger partial charge in [-0.25, -0.2) is 4.98 Å². The lowest BCUT2D eigenvalue weighted by atomic mass is 9.98. The number of benzene rings is 3. The minimum absolute atomic E-state index is 0.00957. The normalized spacial score (nSPS) is 13.6. The zero-order chi connectivity index (χ0) is 36.9. The maximum Gasteiger partial charge on any atom is 0.266 e. The fraction of sp³-hybridized carbons (Fsp3) is 0.400. The number of rotatable bonds is 18. The van der Waals surface area contributed by atoms with Crippen molar-refractivity contribution in [2.45, 2.75) is 90.9 Å². The summed E-state index contributed by atoms with van der Waals surface area (Å²) < 4.78 is 5.74. The topological polar surface area (TPSA) is 160 Å². The lowest BCUT2D eigenvalue weighted by Gasteiger charge is -2.27. The highest BCUT2D eigenvalue weighted by Crippen LogP contribution is 2.19. The lowest BCUT2D eigenvalue weighted by molar-refractivity contribution is -0.134. The minimum Gasteiger partial charge on any atom is -0.434 e. The highest BCUT2D eigenvalue weighted by Gasteiger charge is 2.33. The molecule has 1 heterocycles. The van der Waals surface area contributed by atoms with E-state index in [1.54, 1.807) is 24.3 Å². The Balaban J connectivity index is 1.54. The molecule has 11 heteroatoms. The quantitative estimate of drug-likeness (QED) is 0.107. The highest BCUT2D eigenvalue weighted by molar-refractivity contribution is 6.01. The number of carbonyl (C=O) groups excluding carboxylic acids is 5. The van der Waals surface area contributed by atoms with Crippen LogP contribution in [-0.4, -0.2) is 58.6 Å². The van der Waals surface area contributed by atoms with Gasteiger partial charge in [-0.3, -0.25) is 24.0 Å². The molecular weight excluding hydrogens is 646 g/mol. The van der Waals surface area contributed by atoms with E-state index in [2.05, 4.69) is 26.3 Å². The third kappa shape index (κ3) is 11.9. The summed E-state index contributed by atoms with van der Waals surface area (Å²) in [4.78, 5) is 71.7. The van der Waals surface area contributed by atoms with Gasteiger partial charge in [0.1, 0.15) is 23.6 Å². The van der Waals surface area contributed by atoms with Crippen molar-refractivity contribution >= 4 is 40.5 Å². The zero-order valence-electron chi connectivity index (χ0n) is 30.0. The second-order valence-corrected chi connectivity index (χ2v) is 13.8. The minimum atomic E-state index is -1.08. The van der Waals surface area contributed by atoms with Crippen molar-refractivity contribution in [3.8, 4) is 0 Å². The maximum absolute atomic E-state index is 14.0. The van der Waals surface area contributed by atoms with Crippen molar-refractivity contribution < 1.29 is 28.4 Å². The van der Waals surface area contributed by atoms with Crippen molar-refractivity contribution in [1.82, 2.24) is 26.3 Å². The Morgan fingerprint density at radius 1 is 0.608 bits per heavy atom. The zero-order valence-corrected chi connectivity index (χ0v) is 30.0. The molecular formula is C40H49N5O6. The molecule has 0 bridgehead atoms. The number of ketones is 1. The van der Waals surface area contributed by atoms with E-state index in [0.29, 0.717) is 30.4 Å². The summed E-state index contributed by atoms with van der Waals surface area (Å²) in [6.45, 7) is 9.07. The van der Waals surface area contributed by atoms with Crippen LogP contribution in [0, 0.1) is 11.8 Å². The number of hydrogen-bond acceptors (Lipinski definition) is 7. The Labute approximate surface area is 299 Å². The number of Topliss-reactive ketones (excluding diaryl/α,β-unsaturated/α-hetero) is 1. The third-order valence-electron chi connectivity index (χ3n) is 8.36. The summed E-state index contributed by atoms with van der Waals surface area (Å²) >= 11 is 0. The first-order valence-electron chi connectivity index (χ1n) is 17.6. The Morgan fingerprint density at radius 3 is 1.73 bits per heavy atom. The first kappa shape index (κ1) is 38.5. The van der Waals surface area contributed by atoms with E-state index in [4.69, 9.17) is 4.42 Å². The van der Waals surface area contributed by atoms with Crippen molar-refractivity contribution in [2.75, 3.05) is 0 Å². The van der Waals surface area contributed by atoms with Gasteiger partial charge in [-0.15, -0.1) is 0 Å². The van der Waals surface area contributed by atoms with Crippen LogP contribution in [0.5, 0.6) is 0 Å². The van der Waals surface area contributed by atoms with Crippen molar-refractivity contribution in [3.05, 3.63) is 102 Å². The summed E-state index contributed by atoms with van der Waals surface area (Å²) in [6.07, 6.45) is 1.61. The molecule has 0 saturated heterocycles. The predicted octanol–water partition coefficient (Wildman–Crippen LogP) is 4.94. The van der Waals surface area contributed by atoms with Crippen LogP contribution in [0.4, 0.5) is 0 Å². The van der Waals surface area contributed by atoms with E-state index in [0.717, 1.165) is 11.1 Å². The average molecular weight is 696 g/mol. The number of amides is 4. The molecule has 4 atom stereocenters. The molecule has 0 aliphatic carbocycles. The fourth-order valence-corrected chi connectivity index (χ4v) is 5.88. The number of nitrogens with zero attached hydrogens (tertiary/aromatic N) is 1. The van der Waals surface area contributed by atoms with E-state index >= 15 is 0 Å². The Kier molecular flexibility index (Phi) is 14.0. The molecule has 4 N–H and O–H groups in total. The number of carbonyl (C=O) groups is 5. The number of para-hydroxylation sites is 2. The lowest BCUT2D eigenvalue weighted by Crippen LogP contribution is -2.58. The van der Waals surface area contributed by atoms with Gasteiger partial charge in [0.05, 0.1) is 6.04 Å². The highest BCUT2D eigenvalue weighted by atomic mass is 16.4. The second-order valence-electron chi connectivity index (χ2n) is 13.8. The molecule has 0 spiro atoms. The first-order chi connectivity index (χ1) is 24.4. The smallest absolute Gasteiger partial charge is 0.266 e. The molecule has 4 aromatic rings. The Bertz CT molecular complexity index is 1740. The molecule has 0 saturated carbocycles. The number of aryl methyl sites for hydroxylation is 1. The van der Waals surface area contributed by atoms with Gasteiger partial charge in [-0.05, 0) is 60.8 Å². The van der Waals surface area contributed by atoms with Gasteiger partial charge in [-0.1, -0.05) is 100 Å². The monoisotopic (exact) mass is 695 g/mol. The number of fused-ring (bicyclic) bond motifs is 1. The van der Waals surface area contributed by atoms with Gasteiger partial charge in [0.15, 0.2) is 5.58 Å². The van der Waals surface area contributed by atoms with E-state index in [1.165, 1.54) is 6.92 Å². The van der Waals surface area contributed by atoms with Crippen LogP contribution >= 0.6 is 0 Å². The fourth-order valence-electron chi connectivity index (χ4n) is 5.88. The van der Waals surface area contributed by atoms with Crippen molar-refractivity contribution in [1.29, 1.82) is 0 Å². The van der Waals surface area contributed by atoms with Crippen molar-refractivity contribution in [3.63, 3.8) is 0 Å².